The summed E-state index contributed by atoms with van der Waals surface area (Å²) in [6.45, 7) is 9.88. The maximum Gasteiger partial charge on any atom is 0.412 e. The first-order valence-corrected chi connectivity index (χ1v) is 14.7. The van der Waals surface area contributed by atoms with E-state index < -0.39 is 29.4 Å². The molecule has 0 spiro atoms. The molecule has 3 N–H and O–H groups in total. The van der Waals surface area contributed by atoms with Crippen LogP contribution in [0.5, 0.6) is 0 Å². The molecule has 4 rings (SSSR count). The number of nitrogens with zero attached hydrogens (tertiary/aromatic N) is 2. The molecule has 9 nitrogen and oxygen atoms in total. The Labute approximate surface area is 256 Å². The number of ether oxygens (including phenoxy) is 1. The summed E-state index contributed by atoms with van der Waals surface area (Å²) in [7, 11) is 0. The van der Waals surface area contributed by atoms with E-state index in [0.717, 1.165) is 43.6 Å². The standard InChI is InChI=1S/C33H39F2N5O4/c1-5-39-18-8-9-25(39)21-40(31(42)36-24-16-17-26(34)27(35)19-24)20-22-12-14-23(15-13-22)30(41)37-28-10-6-7-11-29(28)38-32(43)44-33(2,3)4/h6-7,10-17,19,25H,5,8-9,18,20-21H2,1-4H3,(H,36,42)(H,37,41)(H,38,43). The fraction of sp³-hybridized carbons (Fsp3) is 0.364. The number of likely N-dealkylation sites (N-methyl/N-ethyl adjacent to an activating group) is 1. The number of likely N-dealkylation sites (tertiary alicyclic amines) is 1. The van der Waals surface area contributed by atoms with Crippen LogP contribution in [0.2, 0.25) is 0 Å². The molecule has 4 amide bonds. The second kappa shape index (κ2) is 14.3. The summed E-state index contributed by atoms with van der Waals surface area (Å²) in [6.07, 6.45) is 1.35. The van der Waals surface area contributed by atoms with Gasteiger partial charge in [-0.3, -0.25) is 15.0 Å². The van der Waals surface area contributed by atoms with Crippen LogP contribution in [0.3, 0.4) is 0 Å². The van der Waals surface area contributed by atoms with E-state index in [0.29, 0.717) is 23.5 Å². The quantitative estimate of drug-likeness (QED) is 0.241. The Morgan fingerprint density at radius 2 is 1.61 bits per heavy atom. The van der Waals surface area contributed by atoms with Crippen LogP contribution in [0.4, 0.5) is 35.4 Å². The Morgan fingerprint density at radius 1 is 0.932 bits per heavy atom. The summed E-state index contributed by atoms with van der Waals surface area (Å²) in [6, 6.07) is 16.6. The maximum absolute atomic E-state index is 13.8. The monoisotopic (exact) mass is 607 g/mol. The molecule has 0 bridgehead atoms. The van der Waals surface area contributed by atoms with Gasteiger partial charge in [0.15, 0.2) is 11.6 Å². The molecule has 1 unspecified atom stereocenters. The van der Waals surface area contributed by atoms with Gasteiger partial charge in [-0.05, 0) is 88.7 Å². The van der Waals surface area contributed by atoms with E-state index >= 15 is 0 Å². The number of para-hydroxylation sites is 2. The van der Waals surface area contributed by atoms with Crippen molar-refractivity contribution in [3.05, 3.63) is 89.5 Å². The highest BCUT2D eigenvalue weighted by atomic mass is 19.2. The van der Waals surface area contributed by atoms with Crippen molar-refractivity contribution < 1.29 is 27.9 Å². The van der Waals surface area contributed by atoms with Crippen LogP contribution in [0.25, 0.3) is 0 Å². The second-order valence-corrected chi connectivity index (χ2v) is 11.7. The second-order valence-electron chi connectivity index (χ2n) is 11.7. The molecule has 1 heterocycles. The third-order valence-corrected chi connectivity index (χ3v) is 7.19. The summed E-state index contributed by atoms with van der Waals surface area (Å²) in [5.74, 6) is -2.41. The molecule has 1 saturated heterocycles. The average Bonchev–Trinajstić information content (AvgIpc) is 3.42. The van der Waals surface area contributed by atoms with Crippen molar-refractivity contribution in [2.24, 2.45) is 0 Å². The van der Waals surface area contributed by atoms with Gasteiger partial charge < -0.3 is 20.3 Å². The lowest BCUT2D eigenvalue weighted by Crippen LogP contribution is -2.44. The van der Waals surface area contributed by atoms with Crippen molar-refractivity contribution in [3.8, 4) is 0 Å². The van der Waals surface area contributed by atoms with Crippen LogP contribution in [-0.4, -0.2) is 59.1 Å². The molecule has 234 valence electrons. The highest BCUT2D eigenvalue weighted by Crippen LogP contribution is 2.24. The van der Waals surface area contributed by atoms with Gasteiger partial charge in [-0.15, -0.1) is 0 Å². The van der Waals surface area contributed by atoms with Gasteiger partial charge >= 0.3 is 12.1 Å². The number of carbonyl (C=O) groups is 3. The first-order valence-electron chi connectivity index (χ1n) is 14.7. The van der Waals surface area contributed by atoms with E-state index in [1.54, 1.807) is 74.2 Å². The Kier molecular flexibility index (Phi) is 10.5. The largest absolute Gasteiger partial charge is 0.444 e. The predicted octanol–water partition coefficient (Wildman–Crippen LogP) is 7.08. The van der Waals surface area contributed by atoms with Crippen LogP contribution >= 0.6 is 0 Å². The SMILES string of the molecule is CCN1CCCC1CN(Cc1ccc(C(=O)Nc2ccccc2NC(=O)OC(C)(C)C)cc1)C(=O)Nc1ccc(F)c(F)c1. The number of amides is 4. The number of halogens is 2. The van der Waals surface area contributed by atoms with Crippen LogP contribution < -0.4 is 16.0 Å². The maximum atomic E-state index is 13.8. The van der Waals surface area contributed by atoms with Crippen LogP contribution in [-0.2, 0) is 11.3 Å². The van der Waals surface area contributed by atoms with Gasteiger partial charge in [0.05, 0.1) is 11.4 Å². The molecule has 0 radical (unpaired) electrons. The van der Waals surface area contributed by atoms with E-state index in [4.69, 9.17) is 4.74 Å². The summed E-state index contributed by atoms with van der Waals surface area (Å²) in [4.78, 5) is 42.7. The number of carbonyl (C=O) groups excluding carboxylic acids is 3. The molecule has 1 fully saturated rings. The van der Waals surface area contributed by atoms with Crippen molar-refractivity contribution >= 4 is 35.1 Å². The lowest BCUT2D eigenvalue weighted by molar-refractivity contribution is 0.0635. The average molecular weight is 608 g/mol. The Hall–Kier alpha value is -4.51. The van der Waals surface area contributed by atoms with Crippen molar-refractivity contribution in [2.45, 2.75) is 58.7 Å². The van der Waals surface area contributed by atoms with Gasteiger partial charge in [0.1, 0.15) is 5.60 Å². The number of nitrogens with one attached hydrogen (secondary N) is 3. The summed E-state index contributed by atoms with van der Waals surface area (Å²) in [5.41, 5.74) is 1.45. The fourth-order valence-electron chi connectivity index (χ4n) is 5.06. The van der Waals surface area contributed by atoms with Gasteiger partial charge in [-0.2, -0.15) is 0 Å². The number of rotatable bonds is 9. The van der Waals surface area contributed by atoms with Gasteiger partial charge in [-0.1, -0.05) is 31.2 Å². The Bertz CT molecular complexity index is 1480. The van der Waals surface area contributed by atoms with Gasteiger partial charge in [0.25, 0.3) is 5.91 Å². The van der Waals surface area contributed by atoms with Crippen LogP contribution in [0.15, 0.2) is 66.7 Å². The van der Waals surface area contributed by atoms with E-state index in [9.17, 15) is 23.2 Å². The van der Waals surface area contributed by atoms with E-state index in [2.05, 4.69) is 27.8 Å². The molecule has 44 heavy (non-hydrogen) atoms. The van der Waals surface area contributed by atoms with E-state index in [1.165, 1.54) is 6.07 Å². The van der Waals surface area contributed by atoms with E-state index in [-0.39, 0.29) is 24.2 Å². The number of hydrogen-bond donors (Lipinski definition) is 3. The smallest absolute Gasteiger partial charge is 0.412 e. The van der Waals surface area contributed by atoms with E-state index in [1.807, 2.05) is 0 Å². The minimum absolute atomic E-state index is 0.158. The molecule has 0 aliphatic carbocycles. The van der Waals surface area contributed by atoms with Crippen molar-refractivity contribution in [1.29, 1.82) is 0 Å². The van der Waals surface area contributed by atoms with Crippen LogP contribution in [0, 0.1) is 11.6 Å². The molecule has 11 heteroatoms. The third-order valence-electron chi connectivity index (χ3n) is 7.19. The number of benzene rings is 3. The molecule has 0 saturated carbocycles. The highest BCUT2D eigenvalue weighted by Gasteiger charge is 2.27. The molecular formula is C33H39F2N5O4. The minimum Gasteiger partial charge on any atom is -0.444 e. The first-order chi connectivity index (χ1) is 20.9. The van der Waals surface area contributed by atoms with Gasteiger partial charge in [0, 0.05) is 36.4 Å². The minimum atomic E-state index is -1.04. The van der Waals surface area contributed by atoms with Crippen LogP contribution in [0.1, 0.15) is 56.5 Å². The lowest BCUT2D eigenvalue weighted by Gasteiger charge is -2.30. The van der Waals surface area contributed by atoms with Gasteiger partial charge in [0.2, 0.25) is 0 Å². The zero-order valence-corrected chi connectivity index (χ0v) is 25.5. The highest BCUT2D eigenvalue weighted by molar-refractivity contribution is 6.06. The summed E-state index contributed by atoms with van der Waals surface area (Å²) in [5, 5.41) is 8.17. The molecule has 0 aromatic heterocycles. The van der Waals surface area contributed by atoms with Crippen molar-refractivity contribution in [2.75, 3.05) is 35.6 Å². The molecule has 1 atom stereocenters. The molecule has 1 aliphatic heterocycles. The number of hydrogen-bond acceptors (Lipinski definition) is 5. The van der Waals surface area contributed by atoms with Crippen molar-refractivity contribution in [3.63, 3.8) is 0 Å². The Balaban J connectivity index is 1.45. The zero-order chi connectivity index (χ0) is 31.9. The number of anilines is 3. The lowest BCUT2D eigenvalue weighted by atomic mass is 10.1. The fourth-order valence-corrected chi connectivity index (χ4v) is 5.06. The normalized spacial score (nSPS) is 15.0. The third kappa shape index (κ3) is 9.00. The van der Waals surface area contributed by atoms with Crippen molar-refractivity contribution in [1.82, 2.24) is 9.80 Å². The molecule has 1 aliphatic rings. The number of urea groups is 1. The molecule has 3 aromatic rings. The Morgan fingerprint density at radius 3 is 2.25 bits per heavy atom. The first kappa shape index (κ1) is 32.4. The predicted molar refractivity (Wildman–Crippen MR) is 167 cm³/mol. The topological polar surface area (TPSA) is 103 Å². The molecule has 3 aromatic carbocycles. The summed E-state index contributed by atoms with van der Waals surface area (Å²) < 4.78 is 32.5. The molecular weight excluding hydrogens is 568 g/mol. The summed E-state index contributed by atoms with van der Waals surface area (Å²) >= 11 is 0. The zero-order valence-electron chi connectivity index (χ0n) is 25.5. The van der Waals surface area contributed by atoms with Gasteiger partial charge in [-0.25, -0.2) is 18.4 Å².